The molecule has 2 amide bonds. The molecule has 3 aromatic rings. The second-order valence-corrected chi connectivity index (χ2v) is 6.17. The van der Waals surface area contributed by atoms with Gasteiger partial charge in [-0.2, -0.15) is 0 Å². The summed E-state index contributed by atoms with van der Waals surface area (Å²) < 4.78 is 5.52. The molecule has 0 radical (unpaired) electrons. The average molecular weight is 375 g/mol. The lowest BCUT2D eigenvalue weighted by atomic mass is 10.1. The number of ether oxygens (including phenoxy) is 1. The van der Waals surface area contributed by atoms with Crippen molar-refractivity contribution in [2.45, 2.75) is 13.8 Å². The SMILES string of the molecule is CCOc1ccccc1NC(=O)c1cncc(C(=O)Nc2ccc(C)cc2)c1. The molecule has 0 fully saturated rings. The molecular formula is C22H21N3O3. The Labute approximate surface area is 163 Å². The van der Waals surface area contributed by atoms with Crippen LogP contribution < -0.4 is 15.4 Å². The number of pyridine rings is 1. The van der Waals surface area contributed by atoms with Crippen LogP contribution in [-0.4, -0.2) is 23.4 Å². The van der Waals surface area contributed by atoms with Crippen molar-refractivity contribution in [2.75, 3.05) is 17.2 Å². The minimum Gasteiger partial charge on any atom is -0.492 e. The Morgan fingerprint density at radius 1 is 0.929 bits per heavy atom. The maximum Gasteiger partial charge on any atom is 0.257 e. The molecule has 6 nitrogen and oxygen atoms in total. The van der Waals surface area contributed by atoms with Crippen molar-refractivity contribution in [3.63, 3.8) is 0 Å². The van der Waals surface area contributed by atoms with Gasteiger partial charge in [-0.25, -0.2) is 0 Å². The highest BCUT2D eigenvalue weighted by molar-refractivity contribution is 6.08. The molecule has 0 spiro atoms. The topological polar surface area (TPSA) is 80.3 Å². The van der Waals surface area contributed by atoms with Gasteiger partial charge in [-0.15, -0.1) is 0 Å². The Morgan fingerprint density at radius 3 is 2.25 bits per heavy atom. The number of nitrogens with one attached hydrogen (secondary N) is 2. The van der Waals surface area contributed by atoms with Gasteiger partial charge in [-0.3, -0.25) is 14.6 Å². The predicted octanol–water partition coefficient (Wildman–Crippen LogP) is 4.29. The third-order valence-electron chi connectivity index (χ3n) is 4.01. The van der Waals surface area contributed by atoms with Gasteiger partial charge in [0.1, 0.15) is 5.75 Å². The zero-order chi connectivity index (χ0) is 19.9. The standard InChI is InChI=1S/C22H21N3O3/c1-3-28-20-7-5-4-6-19(20)25-22(27)17-12-16(13-23-14-17)21(26)24-18-10-8-15(2)9-11-18/h4-14H,3H2,1-2H3,(H,24,26)(H,25,27). The highest BCUT2D eigenvalue weighted by atomic mass is 16.5. The largest absolute Gasteiger partial charge is 0.492 e. The maximum atomic E-state index is 12.6. The normalized spacial score (nSPS) is 10.2. The van der Waals surface area contributed by atoms with E-state index in [0.29, 0.717) is 29.3 Å². The zero-order valence-corrected chi connectivity index (χ0v) is 15.7. The Hall–Kier alpha value is -3.67. The van der Waals surface area contributed by atoms with Crippen LogP contribution in [0.15, 0.2) is 67.0 Å². The zero-order valence-electron chi connectivity index (χ0n) is 15.7. The van der Waals surface area contributed by atoms with Crippen molar-refractivity contribution in [3.8, 4) is 5.75 Å². The molecule has 0 unspecified atom stereocenters. The summed E-state index contributed by atoms with van der Waals surface area (Å²) in [5.41, 5.74) is 2.92. The molecule has 2 aromatic carbocycles. The van der Waals surface area contributed by atoms with E-state index in [-0.39, 0.29) is 17.4 Å². The van der Waals surface area contributed by atoms with Crippen LogP contribution in [0, 0.1) is 6.92 Å². The first-order valence-electron chi connectivity index (χ1n) is 8.93. The summed E-state index contributed by atoms with van der Waals surface area (Å²) in [6, 6.07) is 16.1. The monoisotopic (exact) mass is 375 g/mol. The molecule has 0 atom stereocenters. The number of aromatic nitrogens is 1. The summed E-state index contributed by atoms with van der Waals surface area (Å²) in [6.07, 6.45) is 2.84. The number of aryl methyl sites for hydroxylation is 1. The molecule has 0 bridgehead atoms. The summed E-state index contributed by atoms with van der Waals surface area (Å²) in [4.78, 5) is 29.1. The van der Waals surface area contributed by atoms with E-state index in [9.17, 15) is 9.59 Å². The molecule has 1 aromatic heterocycles. The number of rotatable bonds is 6. The first-order valence-corrected chi connectivity index (χ1v) is 8.93. The Morgan fingerprint density at radius 2 is 1.57 bits per heavy atom. The van der Waals surface area contributed by atoms with Crippen LogP contribution in [0.2, 0.25) is 0 Å². The van der Waals surface area contributed by atoms with E-state index in [1.807, 2.05) is 50.2 Å². The number of nitrogens with zero attached hydrogens (tertiary/aromatic N) is 1. The fourth-order valence-corrected chi connectivity index (χ4v) is 2.57. The average Bonchev–Trinajstić information content (AvgIpc) is 2.71. The second-order valence-electron chi connectivity index (χ2n) is 6.17. The number of amides is 2. The summed E-state index contributed by atoms with van der Waals surface area (Å²) in [7, 11) is 0. The fourth-order valence-electron chi connectivity index (χ4n) is 2.57. The summed E-state index contributed by atoms with van der Waals surface area (Å²) in [5, 5.41) is 5.59. The molecule has 0 aliphatic rings. The highest BCUT2D eigenvalue weighted by Crippen LogP contribution is 2.24. The number of hydrogen-bond acceptors (Lipinski definition) is 4. The maximum absolute atomic E-state index is 12.6. The molecule has 142 valence electrons. The quantitative estimate of drug-likeness (QED) is 0.673. The van der Waals surface area contributed by atoms with Crippen LogP contribution in [0.3, 0.4) is 0 Å². The first kappa shape index (κ1) is 19.1. The highest BCUT2D eigenvalue weighted by Gasteiger charge is 2.13. The Kier molecular flexibility index (Phi) is 6.01. The molecule has 1 heterocycles. The number of hydrogen-bond donors (Lipinski definition) is 2. The van der Waals surface area contributed by atoms with E-state index in [0.717, 1.165) is 5.56 Å². The first-order chi connectivity index (χ1) is 13.6. The number of carbonyl (C=O) groups excluding carboxylic acids is 2. The summed E-state index contributed by atoms with van der Waals surface area (Å²) >= 11 is 0. The lowest BCUT2D eigenvalue weighted by Crippen LogP contribution is -2.16. The van der Waals surface area contributed by atoms with E-state index in [1.165, 1.54) is 18.5 Å². The van der Waals surface area contributed by atoms with Gasteiger partial charge in [-0.05, 0) is 44.2 Å². The molecule has 0 aliphatic carbocycles. The van der Waals surface area contributed by atoms with Crippen LogP contribution in [0.1, 0.15) is 33.2 Å². The van der Waals surface area contributed by atoms with Crippen molar-refractivity contribution in [1.29, 1.82) is 0 Å². The molecular weight excluding hydrogens is 354 g/mol. The molecule has 28 heavy (non-hydrogen) atoms. The van der Waals surface area contributed by atoms with E-state index in [4.69, 9.17) is 4.74 Å². The fraction of sp³-hybridized carbons (Fsp3) is 0.136. The van der Waals surface area contributed by atoms with Crippen LogP contribution in [-0.2, 0) is 0 Å². The minimum atomic E-state index is -0.371. The van der Waals surface area contributed by atoms with Crippen LogP contribution in [0.25, 0.3) is 0 Å². The molecule has 0 aliphatic heterocycles. The minimum absolute atomic E-state index is 0.280. The molecule has 2 N–H and O–H groups in total. The predicted molar refractivity (Wildman–Crippen MR) is 109 cm³/mol. The van der Waals surface area contributed by atoms with Crippen molar-refractivity contribution in [2.24, 2.45) is 0 Å². The summed E-state index contributed by atoms with van der Waals surface area (Å²) in [6.45, 7) is 4.34. The van der Waals surface area contributed by atoms with Gasteiger partial charge in [0.2, 0.25) is 0 Å². The van der Waals surface area contributed by atoms with Gasteiger partial charge in [0.15, 0.2) is 0 Å². The number of anilines is 2. The van der Waals surface area contributed by atoms with Crippen LogP contribution in [0.4, 0.5) is 11.4 Å². The van der Waals surface area contributed by atoms with Gasteiger partial charge >= 0.3 is 0 Å². The number of benzene rings is 2. The van der Waals surface area contributed by atoms with Gasteiger partial charge in [0.05, 0.1) is 23.4 Å². The molecule has 3 rings (SSSR count). The third-order valence-corrected chi connectivity index (χ3v) is 4.01. The molecule has 0 saturated heterocycles. The molecule has 6 heteroatoms. The second kappa shape index (κ2) is 8.81. The lowest BCUT2D eigenvalue weighted by molar-refractivity contribution is 0.102. The lowest BCUT2D eigenvalue weighted by Gasteiger charge is -2.11. The van der Waals surface area contributed by atoms with Gasteiger partial charge < -0.3 is 15.4 Å². The van der Waals surface area contributed by atoms with Gasteiger partial charge in [-0.1, -0.05) is 29.8 Å². The van der Waals surface area contributed by atoms with Crippen molar-refractivity contribution < 1.29 is 14.3 Å². The van der Waals surface area contributed by atoms with E-state index < -0.39 is 0 Å². The smallest absolute Gasteiger partial charge is 0.257 e. The van der Waals surface area contributed by atoms with Crippen molar-refractivity contribution >= 4 is 23.2 Å². The van der Waals surface area contributed by atoms with Crippen LogP contribution >= 0.6 is 0 Å². The van der Waals surface area contributed by atoms with Crippen LogP contribution in [0.5, 0.6) is 5.75 Å². The van der Waals surface area contributed by atoms with Gasteiger partial charge in [0, 0.05) is 18.1 Å². The third kappa shape index (κ3) is 4.73. The van der Waals surface area contributed by atoms with Crippen molar-refractivity contribution in [3.05, 3.63) is 83.7 Å². The Balaban J connectivity index is 1.74. The van der Waals surface area contributed by atoms with E-state index in [1.54, 1.807) is 12.1 Å². The van der Waals surface area contributed by atoms with Gasteiger partial charge in [0.25, 0.3) is 11.8 Å². The molecule has 0 saturated carbocycles. The number of carbonyl (C=O) groups is 2. The Bertz CT molecular complexity index is 984. The van der Waals surface area contributed by atoms with E-state index in [2.05, 4.69) is 15.6 Å². The summed E-state index contributed by atoms with van der Waals surface area (Å²) in [5.74, 6) is -0.120. The van der Waals surface area contributed by atoms with E-state index >= 15 is 0 Å². The van der Waals surface area contributed by atoms with Crippen molar-refractivity contribution in [1.82, 2.24) is 4.98 Å². The number of para-hydroxylation sites is 2.